The summed E-state index contributed by atoms with van der Waals surface area (Å²) in [7, 11) is 0. The van der Waals surface area contributed by atoms with Crippen LogP contribution in [0, 0.1) is 27.7 Å². The van der Waals surface area contributed by atoms with Crippen molar-refractivity contribution < 1.29 is 0 Å². The van der Waals surface area contributed by atoms with Crippen LogP contribution in [-0.2, 0) is 0 Å². The molecule has 0 bridgehead atoms. The molecule has 0 radical (unpaired) electrons. The molecule has 0 aliphatic heterocycles. The molecule has 1 heteroatoms. The number of benzene rings is 2. The van der Waals surface area contributed by atoms with Crippen molar-refractivity contribution in [3.63, 3.8) is 0 Å². The number of aryl methyl sites for hydroxylation is 4. The van der Waals surface area contributed by atoms with Crippen LogP contribution in [0.2, 0.25) is 0 Å². The molecule has 0 N–H and O–H groups in total. The van der Waals surface area contributed by atoms with E-state index in [1.54, 1.807) is 11.8 Å². The van der Waals surface area contributed by atoms with E-state index in [0.717, 1.165) is 0 Å². The summed E-state index contributed by atoms with van der Waals surface area (Å²) in [6, 6.07) is 16.7. The normalized spacial score (nSPS) is 8.74. The lowest BCUT2D eigenvalue weighted by atomic mass is 10.1. The fourth-order valence-electron chi connectivity index (χ4n) is 1.33. The van der Waals surface area contributed by atoms with Crippen LogP contribution in [-0.4, -0.2) is 12.5 Å². The number of rotatable bonds is 0. The van der Waals surface area contributed by atoms with E-state index in [1.165, 1.54) is 22.3 Å². The van der Waals surface area contributed by atoms with Crippen molar-refractivity contribution in [3.8, 4) is 0 Å². The van der Waals surface area contributed by atoms with E-state index in [9.17, 15) is 0 Å². The van der Waals surface area contributed by atoms with E-state index in [0.29, 0.717) is 0 Å². The summed E-state index contributed by atoms with van der Waals surface area (Å²) in [5.74, 6) is 0. The standard InChI is InChI=1S/2C8H10.C2H6S/c2*1-7-5-3-4-6-8(7)2;1-3-2/h2*3-6H,1-2H3;1-2H3. The van der Waals surface area contributed by atoms with Crippen molar-refractivity contribution in [3.05, 3.63) is 70.8 Å². The van der Waals surface area contributed by atoms with Crippen molar-refractivity contribution in [1.82, 2.24) is 0 Å². The van der Waals surface area contributed by atoms with Crippen molar-refractivity contribution >= 4 is 11.8 Å². The topological polar surface area (TPSA) is 0 Å². The Morgan fingerprint density at radius 3 is 0.789 bits per heavy atom. The monoisotopic (exact) mass is 274 g/mol. The first-order valence-electron chi connectivity index (χ1n) is 6.47. The fraction of sp³-hybridized carbons (Fsp3) is 0.333. The largest absolute Gasteiger partial charge is 0.169 e. The molecule has 0 amide bonds. The van der Waals surface area contributed by atoms with Crippen molar-refractivity contribution in [2.45, 2.75) is 27.7 Å². The zero-order valence-corrected chi connectivity index (χ0v) is 13.8. The van der Waals surface area contributed by atoms with Gasteiger partial charge in [-0.2, -0.15) is 11.8 Å². The second kappa shape index (κ2) is 10.7. The zero-order valence-electron chi connectivity index (χ0n) is 13.0. The van der Waals surface area contributed by atoms with Crippen LogP contribution in [0.5, 0.6) is 0 Å². The Balaban J connectivity index is 0.000000284. The first-order valence-corrected chi connectivity index (χ1v) is 8.10. The molecule has 2 rings (SSSR count). The van der Waals surface area contributed by atoms with Gasteiger partial charge in [0.1, 0.15) is 0 Å². The Hall–Kier alpha value is -1.21. The molecule has 0 atom stereocenters. The smallest absolute Gasteiger partial charge is 0.0187 e. The van der Waals surface area contributed by atoms with Gasteiger partial charge in [0.05, 0.1) is 0 Å². The van der Waals surface area contributed by atoms with Gasteiger partial charge >= 0.3 is 0 Å². The summed E-state index contributed by atoms with van der Waals surface area (Å²) in [6.45, 7) is 8.48. The fourth-order valence-corrected chi connectivity index (χ4v) is 1.33. The quantitative estimate of drug-likeness (QED) is 0.604. The highest BCUT2D eigenvalue weighted by molar-refractivity contribution is 7.97. The van der Waals surface area contributed by atoms with E-state index < -0.39 is 0 Å². The van der Waals surface area contributed by atoms with E-state index in [4.69, 9.17) is 0 Å². The van der Waals surface area contributed by atoms with Gasteiger partial charge in [-0.15, -0.1) is 0 Å². The third-order valence-electron chi connectivity index (χ3n) is 2.85. The third kappa shape index (κ3) is 8.50. The Labute approximate surface area is 123 Å². The molecule has 0 saturated carbocycles. The molecule has 2 aromatic carbocycles. The van der Waals surface area contributed by atoms with Crippen LogP contribution in [0.3, 0.4) is 0 Å². The lowest BCUT2D eigenvalue weighted by Gasteiger charge is -1.93. The van der Waals surface area contributed by atoms with Gasteiger partial charge in [0.15, 0.2) is 0 Å². The summed E-state index contributed by atoms with van der Waals surface area (Å²) < 4.78 is 0. The second-order valence-electron chi connectivity index (χ2n) is 4.58. The first-order chi connectivity index (χ1) is 9.02. The molecule has 0 nitrogen and oxygen atoms in total. The number of thioether (sulfide) groups is 1. The highest BCUT2D eigenvalue weighted by Crippen LogP contribution is 2.03. The summed E-state index contributed by atoms with van der Waals surface area (Å²) >= 11 is 1.75. The Kier molecular flexibility index (Phi) is 10.0. The minimum absolute atomic E-state index is 1.37. The van der Waals surface area contributed by atoms with Gasteiger partial charge in [-0.3, -0.25) is 0 Å². The lowest BCUT2D eigenvalue weighted by Crippen LogP contribution is -1.74. The summed E-state index contributed by atoms with van der Waals surface area (Å²) in [5, 5.41) is 0. The molecule has 0 spiro atoms. The van der Waals surface area contributed by atoms with Gasteiger partial charge in [-0.25, -0.2) is 0 Å². The third-order valence-corrected chi connectivity index (χ3v) is 2.85. The van der Waals surface area contributed by atoms with E-state index in [1.807, 2.05) is 12.5 Å². The summed E-state index contributed by atoms with van der Waals surface area (Å²) in [6.07, 6.45) is 4.08. The minimum atomic E-state index is 1.37. The average Bonchev–Trinajstić information content (AvgIpc) is 2.38. The molecule has 19 heavy (non-hydrogen) atoms. The first kappa shape index (κ1) is 17.8. The SMILES string of the molecule is CSC.Cc1ccccc1C.Cc1ccccc1C. The minimum Gasteiger partial charge on any atom is -0.169 e. The van der Waals surface area contributed by atoms with Gasteiger partial charge in [-0.1, -0.05) is 48.5 Å². The van der Waals surface area contributed by atoms with Crippen LogP contribution >= 0.6 is 11.8 Å². The molecule has 104 valence electrons. The molecule has 0 aliphatic carbocycles. The Bertz CT molecular complexity index is 375. The zero-order chi connectivity index (χ0) is 14.7. The van der Waals surface area contributed by atoms with Crippen LogP contribution in [0.25, 0.3) is 0 Å². The van der Waals surface area contributed by atoms with Crippen LogP contribution < -0.4 is 0 Å². The maximum atomic E-state index is 2.12. The molecule has 0 aromatic heterocycles. The van der Waals surface area contributed by atoms with E-state index >= 15 is 0 Å². The molecule has 0 aliphatic rings. The average molecular weight is 274 g/mol. The predicted molar refractivity (Wildman–Crippen MR) is 91.3 cm³/mol. The van der Waals surface area contributed by atoms with Crippen molar-refractivity contribution in [2.75, 3.05) is 12.5 Å². The molecule has 0 unspecified atom stereocenters. The van der Waals surface area contributed by atoms with Crippen LogP contribution in [0.4, 0.5) is 0 Å². The number of hydrogen-bond acceptors (Lipinski definition) is 1. The van der Waals surface area contributed by atoms with Crippen LogP contribution in [0.1, 0.15) is 22.3 Å². The molecule has 0 saturated heterocycles. The van der Waals surface area contributed by atoms with E-state index in [2.05, 4.69) is 76.2 Å². The molecule has 0 fully saturated rings. The second-order valence-corrected chi connectivity index (χ2v) is 5.39. The summed E-state index contributed by atoms with van der Waals surface area (Å²) in [5.41, 5.74) is 5.47. The highest BCUT2D eigenvalue weighted by atomic mass is 32.2. The van der Waals surface area contributed by atoms with Gasteiger partial charge in [-0.05, 0) is 62.5 Å². The van der Waals surface area contributed by atoms with Gasteiger partial charge in [0, 0.05) is 0 Å². The predicted octanol–water partition coefficient (Wildman–Crippen LogP) is 5.59. The van der Waals surface area contributed by atoms with Gasteiger partial charge in [0.25, 0.3) is 0 Å². The molecular formula is C18H26S. The van der Waals surface area contributed by atoms with E-state index in [-0.39, 0.29) is 0 Å². The Morgan fingerprint density at radius 1 is 0.526 bits per heavy atom. The number of hydrogen-bond donors (Lipinski definition) is 0. The maximum absolute atomic E-state index is 2.12. The summed E-state index contributed by atoms with van der Waals surface area (Å²) in [4.78, 5) is 0. The maximum Gasteiger partial charge on any atom is -0.0187 e. The molecule has 0 heterocycles. The van der Waals surface area contributed by atoms with Crippen molar-refractivity contribution in [2.24, 2.45) is 0 Å². The van der Waals surface area contributed by atoms with Crippen molar-refractivity contribution in [1.29, 1.82) is 0 Å². The van der Waals surface area contributed by atoms with Crippen LogP contribution in [0.15, 0.2) is 48.5 Å². The lowest BCUT2D eigenvalue weighted by molar-refractivity contribution is 1.34. The highest BCUT2D eigenvalue weighted by Gasteiger charge is 1.84. The molecular weight excluding hydrogens is 248 g/mol. The Morgan fingerprint density at radius 2 is 0.684 bits per heavy atom. The molecule has 2 aromatic rings. The van der Waals surface area contributed by atoms with Gasteiger partial charge < -0.3 is 0 Å². The van der Waals surface area contributed by atoms with Gasteiger partial charge in [0.2, 0.25) is 0 Å².